The number of aliphatic hydroxyl groups excluding tert-OH is 1. The van der Waals surface area contributed by atoms with Crippen LogP contribution in [0.3, 0.4) is 0 Å². The smallest absolute Gasteiger partial charge is 0.387 e. The maximum absolute atomic E-state index is 12.9. The Morgan fingerprint density at radius 2 is 1.05 bits per heavy atom. The molecule has 0 saturated carbocycles. The molecule has 0 aliphatic heterocycles. The number of allylic oxidation sites excluding steroid dienone is 13. The topological polar surface area (TPSA) is 105 Å². The lowest BCUT2D eigenvalue weighted by molar-refractivity contribution is -0.870. The number of unbranched alkanes of at least 4 members (excludes halogenated alkanes) is 15. The van der Waals surface area contributed by atoms with Crippen molar-refractivity contribution in [2.24, 2.45) is 0 Å². The van der Waals surface area contributed by atoms with Gasteiger partial charge in [-0.25, -0.2) is 4.57 Å². The molecular weight excluding hydrogens is 744 g/mol. The molecular formula is C49H88N2O6P+. The number of hydrogen-bond acceptors (Lipinski definition) is 5. The van der Waals surface area contributed by atoms with Crippen LogP contribution in [0.4, 0.5) is 0 Å². The van der Waals surface area contributed by atoms with E-state index in [4.69, 9.17) is 9.05 Å². The first kappa shape index (κ1) is 55.7. The summed E-state index contributed by atoms with van der Waals surface area (Å²) in [5, 5.41) is 13.8. The molecule has 3 unspecified atom stereocenters. The fourth-order valence-corrected chi connectivity index (χ4v) is 6.70. The third-order valence-electron chi connectivity index (χ3n) is 9.60. The maximum Gasteiger partial charge on any atom is 0.472 e. The van der Waals surface area contributed by atoms with Crippen LogP contribution in [0, 0.1) is 0 Å². The molecule has 8 nitrogen and oxygen atoms in total. The summed E-state index contributed by atoms with van der Waals surface area (Å²) in [5.41, 5.74) is 0. The molecule has 0 aromatic heterocycles. The van der Waals surface area contributed by atoms with E-state index >= 15 is 0 Å². The summed E-state index contributed by atoms with van der Waals surface area (Å²) in [5.74, 6) is -0.210. The van der Waals surface area contributed by atoms with Crippen molar-refractivity contribution in [2.75, 3.05) is 40.9 Å². The Morgan fingerprint density at radius 3 is 1.59 bits per heavy atom. The van der Waals surface area contributed by atoms with Crippen molar-refractivity contribution in [3.05, 3.63) is 85.1 Å². The van der Waals surface area contributed by atoms with Crippen molar-refractivity contribution in [1.82, 2.24) is 5.32 Å². The quantitative estimate of drug-likeness (QED) is 0.0246. The number of carbonyl (C=O) groups is 1. The molecule has 0 heterocycles. The number of amides is 1. The Hall–Kier alpha value is -2.32. The van der Waals surface area contributed by atoms with Crippen molar-refractivity contribution >= 4 is 13.7 Å². The van der Waals surface area contributed by atoms with Gasteiger partial charge in [0.2, 0.25) is 5.91 Å². The average molecular weight is 832 g/mol. The van der Waals surface area contributed by atoms with Gasteiger partial charge in [0.15, 0.2) is 0 Å². The summed E-state index contributed by atoms with van der Waals surface area (Å²) in [7, 11) is 1.52. The molecule has 0 aromatic rings. The number of nitrogens with one attached hydrogen (secondary N) is 1. The fourth-order valence-electron chi connectivity index (χ4n) is 5.96. The van der Waals surface area contributed by atoms with Crippen LogP contribution in [0.15, 0.2) is 85.1 Å². The lowest BCUT2D eigenvalue weighted by Crippen LogP contribution is -2.45. The molecule has 0 saturated heterocycles. The summed E-state index contributed by atoms with van der Waals surface area (Å²) in [6.07, 6.45) is 55.1. The largest absolute Gasteiger partial charge is 0.472 e. The molecule has 0 bridgehead atoms. The Balaban J connectivity index is 4.50. The normalized spacial score (nSPS) is 15.1. The SMILES string of the molecule is CC/C=C\C/C=C\C/C=C\C/C=C\C/C=C\CCCCCCCC(=O)NC(COP(=O)(O)OCC[N+](C)(C)C)C(O)/C=C/CC/C=C/CCCCCCCCCCC. The van der Waals surface area contributed by atoms with Gasteiger partial charge in [-0.05, 0) is 77.0 Å². The van der Waals surface area contributed by atoms with E-state index in [1.807, 2.05) is 27.2 Å². The molecule has 1 amide bonds. The summed E-state index contributed by atoms with van der Waals surface area (Å²) in [4.78, 5) is 23.1. The number of aliphatic hydroxyl groups is 1. The van der Waals surface area contributed by atoms with E-state index in [9.17, 15) is 19.4 Å². The summed E-state index contributed by atoms with van der Waals surface area (Å²) in [6.45, 7) is 4.64. The van der Waals surface area contributed by atoms with Gasteiger partial charge in [-0.3, -0.25) is 13.8 Å². The first-order valence-electron chi connectivity index (χ1n) is 23.0. The van der Waals surface area contributed by atoms with Gasteiger partial charge in [-0.2, -0.15) is 0 Å². The van der Waals surface area contributed by atoms with Gasteiger partial charge in [0, 0.05) is 6.42 Å². The van der Waals surface area contributed by atoms with E-state index in [0.29, 0.717) is 17.4 Å². The van der Waals surface area contributed by atoms with Crippen LogP contribution < -0.4 is 5.32 Å². The van der Waals surface area contributed by atoms with E-state index in [0.717, 1.165) is 89.9 Å². The van der Waals surface area contributed by atoms with Crippen molar-refractivity contribution in [3.63, 3.8) is 0 Å². The number of rotatable bonds is 40. The second-order valence-corrected chi connectivity index (χ2v) is 17.8. The average Bonchev–Trinajstić information content (AvgIpc) is 3.17. The number of nitrogens with zero attached hydrogens (tertiary/aromatic N) is 1. The van der Waals surface area contributed by atoms with Crippen LogP contribution in [0.25, 0.3) is 0 Å². The summed E-state index contributed by atoms with van der Waals surface area (Å²) in [6, 6.07) is -0.878. The highest BCUT2D eigenvalue weighted by Gasteiger charge is 2.27. The Labute approximate surface area is 356 Å². The zero-order valence-electron chi connectivity index (χ0n) is 37.8. The summed E-state index contributed by atoms with van der Waals surface area (Å²) < 4.78 is 23.5. The standard InChI is InChI=1S/C49H87N2O6P/c1-6-8-10-12-14-16-18-20-22-23-24-25-26-27-29-31-33-35-37-39-41-43-49(53)50-47(46-57-58(54,55)56-45-44-51(3,4)5)48(52)42-40-38-36-34-32-30-28-21-19-17-15-13-11-9-7-2/h8,10,14,16,20,22,24-25,27,29,32,34,40,42,47-48,52H,6-7,9,11-13,15,17-19,21,23,26,28,30-31,33,35-39,41,43-46H2,1-5H3,(H-,50,53,54,55)/p+1/b10-8-,16-14-,22-20-,25-24-,29-27-,34-32+,42-40+. The van der Waals surface area contributed by atoms with Gasteiger partial charge >= 0.3 is 7.82 Å². The van der Waals surface area contributed by atoms with Gasteiger partial charge in [-0.15, -0.1) is 0 Å². The number of hydrogen-bond donors (Lipinski definition) is 3. The van der Waals surface area contributed by atoms with Crippen molar-refractivity contribution in [2.45, 2.75) is 180 Å². The molecule has 0 aliphatic carbocycles. The number of phosphoric ester groups is 1. The lowest BCUT2D eigenvalue weighted by Gasteiger charge is -2.25. The van der Waals surface area contributed by atoms with Gasteiger partial charge in [0.1, 0.15) is 13.2 Å². The molecule has 0 aromatic carbocycles. The van der Waals surface area contributed by atoms with Crippen LogP contribution >= 0.6 is 7.82 Å². The van der Waals surface area contributed by atoms with E-state index in [-0.39, 0.29) is 19.1 Å². The summed E-state index contributed by atoms with van der Waals surface area (Å²) >= 11 is 0. The van der Waals surface area contributed by atoms with Gasteiger partial charge in [-0.1, -0.05) is 170 Å². The number of carbonyl (C=O) groups excluding carboxylic acids is 1. The molecule has 0 spiro atoms. The Bertz CT molecular complexity index is 1220. The molecule has 0 aliphatic rings. The maximum atomic E-state index is 12.9. The molecule has 0 rings (SSSR count). The van der Waals surface area contributed by atoms with E-state index < -0.39 is 20.0 Å². The molecule has 58 heavy (non-hydrogen) atoms. The highest BCUT2D eigenvalue weighted by molar-refractivity contribution is 7.47. The van der Waals surface area contributed by atoms with Crippen LogP contribution in [0.1, 0.15) is 168 Å². The third kappa shape index (κ3) is 41.8. The molecule has 3 N–H and O–H groups in total. The minimum absolute atomic E-state index is 0.0473. The van der Waals surface area contributed by atoms with Gasteiger partial charge in [0.05, 0.1) is 39.9 Å². The first-order chi connectivity index (χ1) is 28.0. The molecule has 3 atom stereocenters. The van der Waals surface area contributed by atoms with E-state index in [1.165, 1.54) is 57.8 Å². The van der Waals surface area contributed by atoms with Crippen LogP contribution in [0.2, 0.25) is 0 Å². The Kier molecular flexibility index (Phi) is 38.5. The van der Waals surface area contributed by atoms with E-state index in [2.05, 4.69) is 92.1 Å². The number of phosphoric acid groups is 1. The van der Waals surface area contributed by atoms with Crippen LogP contribution in [-0.4, -0.2) is 73.4 Å². The minimum Gasteiger partial charge on any atom is -0.387 e. The second-order valence-electron chi connectivity index (χ2n) is 16.4. The van der Waals surface area contributed by atoms with Crippen molar-refractivity contribution < 1.29 is 32.9 Å². The molecule has 9 heteroatoms. The fraction of sp³-hybridized carbons (Fsp3) is 0.694. The van der Waals surface area contributed by atoms with Gasteiger partial charge < -0.3 is 19.8 Å². The predicted octanol–water partition coefficient (Wildman–Crippen LogP) is 13.0. The molecule has 0 fully saturated rings. The van der Waals surface area contributed by atoms with Gasteiger partial charge in [0.25, 0.3) is 0 Å². The predicted molar refractivity (Wildman–Crippen MR) is 249 cm³/mol. The Morgan fingerprint density at radius 1 is 0.603 bits per heavy atom. The molecule has 334 valence electrons. The van der Waals surface area contributed by atoms with Crippen LogP contribution in [0.5, 0.6) is 0 Å². The van der Waals surface area contributed by atoms with E-state index in [1.54, 1.807) is 6.08 Å². The third-order valence-corrected chi connectivity index (χ3v) is 10.6. The van der Waals surface area contributed by atoms with Crippen molar-refractivity contribution in [3.8, 4) is 0 Å². The van der Waals surface area contributed by atoms with Crippen molar-refractivity contribution in [1.29, 1.82) is 0 Å². The lowest BCUT2D eigenvalue weighted by atomic mass is 10.1. The van der Waals surface area contributed by atoms with Crippen LogP contribution in [-0.2, 0) is 18.4 Å². The number of quaternary nitrogens is 1. The zero-order chi connectivity index (χ0) is 42.8. The zero-order valence-corrected chi connectivity index (χ0v) is 38.6. The second kappa shape index (κ2) is 40.1. The monoisotopic (exact) mass is 832 g/mol. The first-order valence-corrected chi connectivity index (χ1v) is 24.5. The number of likely N-dealkylation sites (N-methyl/N-ethyl adjacent to an activating group) is 1. The minimum atomic E-state index is -4.36. The highest BCUT2D eigenvalue weighted by atomic mass is 31.2. The highest BCUT2D eigenvalue weighted by Crippen LogP contribution is 2.43. The molecule has 0 radical (unpaired) electrons.